The zero-order chi connectivity index (χ0) is 20.7. The molecule has 0 atom stereocenters. The quantitative estimate of drug-likeness (QED) is 0.401. The summed E-state index contributed by atoms with van der Waals surface area (Å²) in [4.78, 5) is 11.8. The molecule has 2 aromatic rings. The average Bonchev–Trinajstić information content (AvgIpc) is 2.63. The highest BCUT2D eigenvalue weighted by molar-refractivity contribution is 7.89. The fourth-order valence-electron chi connectivity index (χ4n) is 2.45. The van der Waals surface area contributed by atoms with E-state index >= 15 is 0 Å². The van der Waals surface area contributed by atoms with Crippen LogP contribution in [0.3, 0.4) is 0 Å². The van der Waals surface area contributed by atoms with E-state index in [0.717, 1.165) is 11.0 Å². The van der Waals surface area contributed by atoms with Crippen molar-refractivity contribution >= 4 is 27.1 Å². The summed E-state index contributed by atoms with van der Waals surface area (Å²) in [5.74, 6) is 0.545. The molecule has 2 rings (SSSR count). The first-order chi connectivity index (χ1) is 13.2. The second-order valence-electron chi connectivity index (χ2n) is 6.35. The summed E-state index contributed by atoms with van der Waals surface area (Å²) in [6, 6.07) is 10.8. The van der Waals surface area contributed by atoms with Gasteiger partial charge in [0.05, 0.1) is 49.3 Å². The molecule has 3 N–H and O–H groups in total. The minimum atomic E-state index is -3.84. The van der Waals surface area contributed by atoms with Crippen LogP contribution >= 0.6 is 0 Å². The normalized spacial score (nSPS) is 11.4. The number of quaternary nitrogens is 1. The third kappa shape index (κ3) is 5.65. The van der Waals surface area contributed by atoms with Gasteiger partial charge < -0.3 is 15.0 Å². The Morgan fingerprint density at radius 3 is 2.50 bits per heavy atom. The topological polar surface area (TPSA) is 115 Å². The predicted octanol–water partition coefficient (Wildman–Crippen LogP) is 1.16. The lowest BCUT2D eigenvalue weighted by Gasteiger charge is -2.13. The van der Waals surface area contributed by atoms with Crippen molar-refractivity contribution in [3.05, 3.63) is 52.6 Å². The zero-order valence-corrected chi connectivity index (χ0v) is 16.9. The van der Waals surface area contributed by atoms with E-state index in [1.165, 1.54) is 12.1 Å². The van der Waals surface area contributed by atoms with Gasteiger partial charge >= 0.3 is 0 Å². The van der Waals surface area contributed by atoms with E-state index in [2.05, 4.69) is 10.0 Å². The number of nitro groups is 1. The van der Waals surface area contributed by atoms with Crippen molar-refractivity contribution in [2.24, 2.45) is 0 Å². The van der Waals surface area contributed by atoms with Crippen LogP contribution in [-0.2, 0) is 10.0 Å². The number of rotatable bonds is 10. The Kier molecular flexibility index (Phi) is 7.32. The Hall–Kier alpha value is -2.69. The fourth-order valence-corrected chi connectivity index (χ4v) is 3.50. The van der Waals surface area contributed by atoms with Crippen LogP contribution in [0, 0.1) is 10.1 Å². The minimum absolute atomic E-state index is 0.156. The summed E-state index contributed by atoms with van der Waals surface area (Å²) in [7, 11) is -0.0336. The first kappa shape index (κ1) is 21.6. The molecule has 10 heteroatoms. The monoisotopic (exact) mass is 409 g/mol. The van der Waals surface area contributed by atoms with Gasteiger partial charge in [0.15, 0.2) is 0 Å². The molecule has 2 aromatic carbocycles. The van der Waals surface area contributed by atoms with Crippen LogP contribution in [0.2, 0.25) is 0 Å². The smallest absolute Gasteiger partial charge is 0.294 e. The summed E-state index contributed by atoms with van der Waals surface area (Å²) in [6.45, 7) is 3.11. The Bertz CT molecular complexity index is 931. The second-order valence-corrected chi connectivity index (χ2v) is 8.11. The van der Waals surface area contributed by atoms with Crippen molar-refractivity contribution in [3.63, 3.8) is 0 Å². The van der Waals surface area contributed by atoms with Crippen LogP contribution in [0.4, 0.5) is 17.1 Å². The number of anilines is 2. The zero-order valence-electron chi connectivity index (χ0n) is 16.1. The molecule has 0 saturated heterocycles. The number of nitrogens with one attached hydrogen (secondary N) is 3. The number of para-hydroxylation sites is 2. The Morgan fingerprint density at radius 2 is 1.86 bits per heavy atom. The number of hydrogen-bond acceptors (Lipinski definition) is 6. The molecule has 0 aliphatic carbocycles. The van der Waals surface area contributed by atoms with E-state index in [1.807, 2.05) is 21.0 Å². The highest BCUT2D eigenvalue weighted by Crippen LogP contribution is 2.33. The van der Waals surface area contributed by atoms with E-state index in [9.17, 15) is 18.5 Å². The van der Waals surface area contributed by atoms with Gasteiger partial charge in [-0.15, -0.1) is 0 Å². The molecule has 0 aromatic heterocycles. The fraction of sp³-hybridized carbons (Fsp3) is 0.333. The number of hydrogen-bond donors (Lipinski definition) is 3. The van der Waals surface area contributed by atoms with Crippen molar-refractivity contribution in [3.8, 4) is 5.75 Å². The van der Waals surface area contributed by atoms with Gasteiger partial charge in [0, 0.05) is 6.07 Å². The molecule has 0 radical (unpaired) electrons. The van der Waals surface area contributed by atoms with Crippen molar-refractivity contribution in [1.29, 1.82) is 0 Å². The molecule has 28 heavy (non-hydrogen) atoms. The van der Waals surface area contributed by atoms with Gasteiger partial charge in [0.25, 0.3) is 5.69 Å². The standard InChI is InChI=1S/C18H24N4O5S/c1-4-27-18-8-6-5-7-16(18)20-15-10-9-14(13-17(15)22(23)24)28(25,26)19-11-12-21(2)3/h5-10,13,19-20H,4,11-12H2,1-3H3/p+1. The summed E-state index contributed by atoms with van der Waals surface area (Å²) < 4.78 is 32.8. The molecule has 0 aliphatic rings. The Labute approximate surface area is 164 Å². The molecule has 0 amide bonds. The summed E-state index contributed by atoms with van der Waals surface area (Å²) in [5, 5.41) is 14.5. The lowest BCUT2D eigenvalue weighted by molar-refractivity contribution is -0.856. The van der Waals surface area contributed by atoms with Crippen molar-refractivity contribution in [1.82, 2.24) is 4.72 Å². The number of nitrogens with zero attached hydrogens (tertiary/aromatic N) is 1. The van der Waals surface area contributed by atoms with E-state index in [0.29, 0.717) is 24.6 Å². The maximum Gasteiger partial charge on any atom is 0.294 e. The predicted molar refractivity (Wildman–Crippen MR) is 107 cm³/mol. The van der Waals surface area contributed by atoms with Gasteiger partial charge in [0.2, 0.25) is 10.0 Å². The molecule has 9 nitrogen and oxygen atoms in total. The van der Waals surface area contributed by atoms with Crippen LogP contribution in [0.5, 0.6) is 5.75 Å². The van der Waals surface area contributed by atoms with Gasteiger partial charge in [0.1, 0.15) is 11.4 Å². The molecule has 0 aliphatic heterocycles. The van der Waals surface area contributed by atoms with Gasteiger partial charge in [-0.05, 0) is 31.2 Å². The largest absolute Gasteiger partial charge is 0.492 e. The van der Waals surface area contributed by atoms with Gasteiger partial charge in [-0.2, -0.15) is 0 Å². The minimum Gasteiger partial charge on any atom is -0.492 e. The van der Waals surface area contributed by atoms with Crippen molar-refractivity contribution < 1.29 is 23.0 Å². The van der Waals surface area contributed by atoms with Gasteiger partial charge in [-0.3, -0.25) is 10.1 Å². The molecule has 0 heterocycles. The average molecular weight is 409 g/mol. The third-order valence-electron chi connectivity index (χ3n) is 3.85. The van der Waals surface area contributed by atoms with Crippen molar-refractivity contribution in [2.45, 2.75) is 11.8 Å². The highest BCUT2D eigenvalue weighted by Gasteiger charge is 2.22. The van der Waals surface area contributed by atoms with Gasteiger partial charge in [-0.1, -0.05) is 12.1 Å². The molecule has 0 fully saturated rings. The molecule has 0 saturated carbocycles. The molecular weight excluding hydrogens is 384 g/mol. The van der Waals surface area contributed by atoms with E-state index in [4.69, 9.17) is 4.74 Å². The lowest BCUT2D eigenvalue weighted by atomic mass is 10.2. The highest BCUT2D eigenvalue weighted by atomic mass is 32.2. The Balaban J connectivity index is 2.32. The van der Waals surface area contributed by atoms with Gasteiger partial charge in [-0.25, -0.2) is 13.1 Å². The molecule has 152 valence electrons. The first-order valence-corrected chi connectivity index (χ1v) is 10.3. The number of likely N-dealkylation sites (N-methyl/N-ethyl adjacent to an activating group) is 1. The van der Waals surface area contributed by atoms with Crippen LogP contribution in [0.15, 0.2) is 47.4 Å². The third-order valence-corrected chi connectivity index (χ3v) is 5.31. The number of sulfonamides is 1. The number of nitro benzene ring substituents is 1. The summed E-state index contributed by atoms with van der Waals surface area (Å²) in [5.41, 5.74) is 0.386. The van der Waals surface area contributed by atoms with Crippen LogP contribution in [0.1, 0.15) is 6.92 Å². The molecule has 0 unspecified atom stereocenters. The van der Waals surface area contributed by atoms with E-state index in [-0.39, 0.29) is 22.8 Å². The maximum atomic E-state index is 12.4. The lowest BCUT2D eigenvalue weighted by Crippen LogP contribution is -3.06. The summed E-state index contributed by atoms with van der Waals surface area (Å²) >= 11 is 0. The first-order valence-electron chi connectivity index (χ1n) is 8.80. The van der Waals surface area contributed by atoms with E-state index < -0.39 is 14.9 Å². The molecule has 0 spiro atoms. The summed E-state index contributed by atoms with van der Waals surface area (Å²) in [6.07, 6.45) is 0. The molecule has 0 bridgehead atoms. The Morgan fingerprint density at radius 1 is 1.14 bits per heavy atom. The number of benzene rings is 2. The van der Waals surface area contributed by atoms with Crippen molar-refractivity contribution in [2.75, 3.05) is 39.1 Å². The second kappa shape index (κ2) is 9.49. The van der Waals surface area contributed by atoms with E-state index in [1.54, 1.807) is 24.3 Å². The maximum absolute atomic E-state index is 12.4. The number of ether oxygens (including phenoxy) is 1. The van der Waals surface area contributed by atoms with Crippen LogP contribution in [0.25, 0.3) is 0 Å². The van der Waals surface area contributed by atoms with Crippen LogP contribution in [-0.4, -0.2) is 47.1 Å². The molecular formula is C18H25N4O5S+. The van der Waals surface area contributed by atoms with Crippen LogP contribution < -0.4 is 19.7 Å². The SMILES string of the molecule is CCOc1ccccc1Nc1ccc(S(=O)(=O)NCC[NH+](C)C)cc1[N+](=O)[O-].